The van der Waals surface area contributed by atoms with Gasteiger partial charge in [0.05, 0.1) is 12.1 Å². The minimum Gasteiger partial charge on any atom is -0.377 e. The van der Waals surface area contributed by atoms with Crippen LogP contribution in [0.4, 0.5) is 13.6 Å². The van der Waals surface area contributed by atoms with Crippen LogP contribution in [-0.2, 0) is 4.74 Å². The summed E-state index contributed by atoms with van der Waals surface area (Å²) in [4.78, 5) is 14.0. The molecule has 1 aliphatic heterocycles. The van der Waals surface area contributed by atoms with E-state index in [2.05, 4.69) is 5.32 Å². The first kappa shape index (κ1) is 16.7. The summed E-state index contributed by atoms with van der Waals surface area (Å²) in [6.45, 7) is 5.55. The molecule has 4 nitrogen and oxygen atoms in total. The maximum Gasteiger partial charge on any atom is 0.317 e. The third-order valence-corrected chi connectivity index (χ3v) is 3.85. The van der Waals surface area contributed by atoms with E-state index in [9.17, 15) is 13.6 Å². The smallest absolute Gasteiger partial charge is 0.317 e. The Hall–Kier alpha value is -1.69. The van der Waals surface area contributed by atoms with Crippen molar-refractivity contribution in [2.45, 2.75) is 38.8 Å². The maximum absolute atomic E-state index is 13.3. The number of ether oxygens (including phenoxy) is 1. The average molecular weight is 312 g/mol. The van der Waals surface area contributed by atoms with Crippen molar-refractivity contribution in [2.75, 3.05) is 19.7 Å². The van der Waals surface area contributed by atoms with Crippen LogP contribution in [0, 0.1) is 11.6 Å². The second kappa shape index (κ2) is 7.54. The fourth-order valence-electron chi connectivity index (χ4n) is 2.64. The number of hydrogen-bond acceptors (Lipinski definition) is 2. The molecule has 0 unspecified atom stereocenters. The minimum atomic E-state index is -0.909. The van der Waals surface area contributed by atoms with Crippen LogP contribution in [0.5, 0.6) is 0 Å². The SMILES string of the molecule is CCO[C@@H]1CCCN(C(=O)N[C@H](C)c2ccc(F)c(F)c2)C1. The zero-order chi connectivity index (χ0) is 16.1. The van der Waals surface area contributed by atoms with Crippen molar-refractivity contribution in [1.29, 1.82) is 0 Å². The van der Waals surface area contributed by atoms with E-state index >= 15 is 0 Å². The van der Waals surface area contributed by atoms with E-state index in [1.807, 2.05) is 6.92 Å². The van der Waals surface area contributed by atoms with Crippen LogP contribution >= 0.6 is 0 Å². The Bertz CT molecular complexity index is 523. The minimum absolute atomic E-state index is 0.0723. The van der Waals surface area contributed by atoms with Gasteiger partial charge in [0.1, 0.15) is 0 Å². The number of nitrogens with one attached hydrogen (secondary N) is 1. The number of benzene rings is 1. The third kappa shape index (κ3) is 4.16. The molecule has 1 heterocycles. The Kier molecular flexibility index (Phi) is 5.71. The van der Waals surface area contributed by atoms with Crippen molar-refractivity contribution in [1.82, 2.24) is 10.2 Å². The highest BCUT2D eigenvalue weighted by atomic mass is 19.2. The Morgan fingerprint density at radius 2 is 2.23 bits per heavy atom. The summed E-state index contributed by atoms with van der Waals surface area (Å²) in [7, 11) is 0. The summed E-state index contributed by atoms with van der Waals surface area (Å²) < 4.78 is 31.8. The van der Waals surface area contributed by atoms with Crippen LogP contribution < -0.4 is 5.32 Å². The van der Waals surface area contributed by atoms with Crippen molar-refractivity contribution in [3.05, 3.63) is 35.4 Å². The predicted molar refractivity (Wildman–Crippen MR) is 79.5 cm³/mol. The molecule has 1 saturated heterocycles. The molecule has 1 aromatic rings. The molecule has 0 spiro atoms. The molecule has 0 aliphatic carbocycles. The predicted octanol–water partition coefficient (Wildman–Crippen LogP) is 3.24. The van der Waals surface area contributed by atoms with Gasteiger partial charge in [0.25, 0.3) is 0 Å². The number of carbonyl (C=O) groups is 1. The van der Waals surface area contributed by atoms with Gasteiger partial charge in [-0.1, -0.05) is 6.07 Å². The molecule has 1 aliphatic rings. The van der Waals surface area contributed by atoms with Gasteiger partial charge >= 0.3 is 6.03 Å². The van der Waals surface area contributed by atoms with Gasteiger partial charge in [-0.2, -0.15) is 0 Å². The Labute approximate surface area is 129 Å². The quantitative estimate of drug-likeness (QED) is 0.927. The number of halogens is 2. The molecule has 2 amide bonds. The van der Waals surface area contributed by atoms with Crippen LogP contribution in [0.25, 0.3) is 0 Å². The van der Waals surface area contributed by atoms with E-state index in [1.54, 1.807) is 11.8 Å². The highest BCUT2D eigenvalue weighted by Crippen LogP contribution is 2.18. The van der Waals surface area contributed by atoms with Gasteiger partial charge in [-0.3, -0.25) is 0 Å². The Morgan fingerprint density at radius 1 is 1.45 bits per heavy atom. The van der Waals surface area contributed by atoms with E-state index in [1.165, 1.54) is 6.07 Å². The molecule has 0 radical (unpaired) electrons. The van der Waals surface area contributed by atoms with Crippen LogP contribution in [0.15, 0.2) is 18.2 Å². The molecule has 0 bridgehead atoms. The lowest BCUT2D eigenvalue weighted by molar-refractivity contribution is 0.0162. The van der Waals surface area contributed by atoms with Crippen molar-refractivity contribution >= 4 is 6.03 Å². The summed E-state index contributed by atoms with van der Waals surface area (Å²) in [6.07, 6.45) is 1.93. The second-order valence-corrected chi connectivity index (χ2v) is 5.51. The number of likely N-dealkylation sites (tertiary alicyclic amines) is 1. The summed E-state index contributed by atoms with van der Waals surface area (Å²) in [5.41, 5.74) is 0.533. The lowest BCUT2D eigenvalue weighted by Gasteiger charge is -2.33. The number of hydrogen-bond donors (Lipinski definition) is 1. The second-order valence-electron chi connectivity index (χ2n) is 5.51. The van der Waals surface area contributed by atoms with Crippen LogP contribution in [0.1, 0.15) is 38.3 Å². The number of nitrogens with zero attached hydrogens (tertiary/aromatic N) is 1. The molecular formula is C16H22F2N2O2. The van der Waals surface area contributed by atoms with Crippen molar-refractivity contribution in [3.63, 3.8) is 0 Å². The lowest BCUT2D eigenvalue weighted by atomic mass is 10.1. The molecule has 1 fully saturated rings. The van der Waals surface area contributed by atoms with Crippen molar-refractivity contribution < 1.29 is 18.3 Å². The molecule has 1 N–H and O–H groups in total. The third-order valence-electron chi connectivity index (χ3n) is 3.85. The molecule has 1 aromatic carbocycles. The van der Waals surface area contributed by atoms with E-state index < -0.39 is 17.7 Å². The highest BCUT2D eigenvalue weighted by molar-refractivity contribution is 5.74. The monoisotopic (exact) mass is 312 g/mol. The summed E-state index contributed by atoms with van der Waals surface area (Å²) in [6, 6.07) is 3.05. The van der Waals surface area contributed by atoms with E-state index in [0.717, 1.165) is 25.0 Å². The molecule has 6 heteroatoms. The van der Waals surface area contributed by atoms with E-state index in [4.69, 9.17) is 4.74 Å². The van der Waals surface area contributed by atoms with Gasteiger partial charge in [0.2, 0.25) is 0 Å². The first-order chi connectivity index (χ1) is 10.5. The van der Waals surface area contributed by atoms with Gasteiger partial charge in [-0.25, -0.2) is 13.6 Å². The van der Waals surface area contributed by atoms with E-state index in [-0.39, 0.29) is 12.1 Å². The van der Waals surface area contributed by atoms with Gasteiger partial charge in [0.15, 0.2) is 11.6 Å². The molecule has 0 aromatic heterocycles. The molecular weight excluding hydrogens is 290 g/mol. The standard InChI is InChI=1S/C16H22F2N2O2/c1-3-22-13-5-4-8-20(10-13)16(21)19-11(2)12-6-7-14(17)15(18)9-12/h6-7,9,11,13H,3-5,8,10H2,1-2H3,(H,19,21)/t11-,13-/m1/s1. The first-order valence-electron chi connectivity index (χ1n) is 7.63. The Morgan fingerprint density at radius 3 is 2.91 bits per heavy atom. The van der Waals surface area contributed by atoms with E-state index in [0.29, 0.717) is 25.3 Å². The molecule has 122 valence electrons. The largest absolute Gasteiger partial charge is 0.377 e. The average Bonchev–Trinajstić information content (AvgIpc) is 2.50. The molecule has 2 rings (SSSR count). The number of amides is 2. The zero-order valence-corrected chi connectivity index (χ0v) is 12.9. The van der Waals surface area contributed by atoms with Gasteiger partial charge in [-0.15, -0.1) is 0 Å². The van der Waals surface area contributed by atoms with Crippen LogP contribution in [-0.4, -0.2) is 36.7 Å². The first-order valence-corrected chi connectivity index (χ1v) is 7.63. The van der Waals surface area contributed by atoms with Crippen molar-refractivity contribution in [3.8, 4) is 0 Å². The zero-order valence-electron chi connectivity index (χ0n) is 12.9. The summed E-state index contributed by atoms with van der Waals surface area (Å²) in [5.74, 6) is -1.80. The lowest BCUT2D eigenvalue weighted by Crippen LogP contribution is -2.48. The summed E-state index contributed by atoms with van der Waals surface area (Å²) >= 11 is 0. The van der Waals surface area contributed by atoms with Gasteiger partial charge in [-0.05, 0) is 44.4 Å². The number of rotatable bonds is 4. The molecule has 22 heavy (non-hydrogen) atoms. The Balaban J connectivity index is 1.94. The molecule has 0 saturated carbocycles. The van der Waals surface area contributed by atoms with Crippen LogP contribution in [0.2, 0.25) is 0 Å². The number of carbonyl (C=O) groups excluding carboxylic acids is 1. The van der Waals surface area contributed by atoms with Crippen molar-refractivity contribution in [2.24, 2.45) is 0 Å². The fourth-order valence-corrected chi connectivity index (χ4v) is 2.64. The number of piperidine rings is 1. The topological polar surface area (TPSA) is 41.6 Å². The van der Waals surface area contributed by atoms with Gasteiger partial charge < -0.3 is 15.0 Å². The fraction of sp³-hybridized carbons (Fsp3) is 0.562. The molecule has 2 atom stereocenters. The maximum atomic E-state index is 13.3. The summed E-state index contributed by atoms with van der Waals surface area (Å²) in [5, 5.41) is 2.82. The van der Waals surface area contributed by atoms with Crippen LogP contribution in [0.3, 0.4) is 0 Å². The number of urea groups is 1. The highest BCUT2D eigenvalue weighted by Gasteiger charge is 2.25. The normalized spacial score (nSPS) is 19.8. The van der Waals surface area contributed by atoms with Gasteiger partial charge in [0, 0.05) is 19.7 Å².